The quantitative estimate of drug-likeness (QED) is 0.727. The Balaban J connectivity index is 2.72. The first kappa shape index (κ1) is 14.0. The number of methoxy groups -OCH3 is 1. The van der Waals surface area contributed by atoms with Crippen molar-refractivity contribution in [1.82, 2.24) is 4.90 Å². The van der Waals surface area contributed by atoms with Crippen LogP contribution in [0.1, 0.15) is 33.1 Å². The van der Waals surface area contributed by atoms with Crippen molar-refractivity contribution < 1.29 is 19.4 Å². The topological polar surface area (TPSA) is 66.8 Å². The summed E-state index contributed by atoms with van der Waals surface area (Å²) < 4.78 is 5.23. The minimum absolute atomic E-state index is 0.225. The molecule has 1 saturated carbocycles. The molecule has 0 bridgehead atoms. The van der Waals surface area contributed by atoms with Gasteiger partial charge >= 0.3 is 5.97 Å². The number of carbonyl (C=O) groups excluding carboxylic acids is 1. The minimum Gasteiger partial charge on any atom is -0.480 e. The molecule has 0 aromatic heterocycles. The number of hydrogen-bond acceptors (Lipinski definition) is 3. The lowest BCUT2D eigenvalue weighted by Gasteiger charge is -2.32. The fourth-order valence-electron chi connectivity index (χ4n) is 1.71. The van der Waals surface area contributed by atoms with Crippen LogP contribution in [0.4, 0.5) is 0 Å². The Morgan fingerprint density at radius 2 is 2.06 bits per heavy atom. The van der Waals surface area contributed by atoms with Crippen LogP contribution in [0.25, 0.3) is 0 Å². The molecule has 1 N–H and O–H groups in total. The zero-order valence-corrected chi connectivity index (χ0v) is 10.7. The van der Waals surface area contributed by atoms with E-state index in [2.05, 4.69) is 0 Å². The average Bonchev–Trinajstić information content (AvgIpc) is 3.09. The van der Waals surface area contributed by atoms with Gasteiger partial charge in [-0.1, -0.05) is 6.92 Å². The first-order valence-corrected chi connectivity index (χ1v) is 5.99. The molecule has 0 heterocycles. The van der Waals surface area contributed by atoms with Crippen molar-refractivity contribution in [2.24, 2.45) is 5.92 Å². The molecule has 0 aliphatic heterocycles. The van der Waals surface area contributed by atoms with E-state index < -0.39 is 11.6 Å². The lowest BCUT2D eigenvalue weighted by Crippen LogP contribution is -2.50. The van der Waals surface area contributed by atoms with Crippen molar-refractivity contribution in [3.05, 3.63) is 0 Å². The van der Waals surface area contributed by atoms with Crippen LogP contribution >= 0.6 is 0 Å². The van der Waals surface area contributed by atoms with E-state index in [1.807, 2.05) is 6.92 Å². The largest absolute Gasteiger partial charge is 0.480 e. The van der Waals surface area contributed by atoms with Gasteiger partial charge in [-0.15, -0.1) is 0 Å². The van der Waals surface area contributed by atoms with Crippen LogP contribution in [0.3, 0.4) is 0 Å². The summed E-state index contributed by atoms with van der Waals surface area (Å²) in [6.45, 7) is 3.85. The highest BCUT2D eigenvalue weighted by molar-refractivity contribution is 5.87. The number of aliphatic carboxylic acids is 1. The monoisotopic (exact) mass is 243 g/mol. The Kier molecular flexibility index (Phi) is 4.51. The van der Waals surface area contributed by atoms with E-state index in [4.69, 9.17) is 9.84 Å². The fraction of sp³-hybridized carbons (Fsp3) is 0.833. The first-order chi connectivity index (χ1) is 7.92. The summed E-state index contributed by atoms with van der Waals surface area (Å²) in [5, 5.41) is 8.84. The molecule has 0 aromatic carbocycles. The third-order valence-electron chi connectivity index (χ3n) is 3.37. The highest BCUT2D eigenvalue weighted by atomic mass is 16.5. The third kappa shape index (κ3) is 3.70. The van der Waals surface area contributed by atoms with Crippen molar-refractivity contribution >= 4 is 11.9 Å². The van der Waals surface area contributed by atoms with Gasteiger partial charge < -0.3 is 14.7 Å². The fourth-order valence-corrected chi connectivity index (χ4v) is 1.71. The maximum Gasteiger partial charge on any atom is 0.323 e. The standard InChI is InChI=1S/C12H21NO4/c1-4-12(2,17-3)11(16)13(8-10(14)15)7-9-5-6-9/h9H,4-8H2,1-3H3,(H,14,15). The second kappa shape index (κ2) is 5.49. The molecule has 17 heavy (non-hydrogen) atoms. The van der Waals surface area contributed by atoms with E-state index in [9.17, 15) is 9.59 Å². The van der Waals surface area contributed by atoms with Crippen LogP contribution in [-0.4, -0.2) is 47.7 Å². The molecule has 5 heteroatoms. The van der Waals surface area contributed by atoms with Crippen molar-refractivity contribution in [3.8, 4) is 0 Å². The van der Waals surface area contributed by atoms with E-state index in [-0.39, 0.29) is 12.5 Å². The SMILES string of the molecule is CCC(C)(OC)C(=O)N(CC(=O)O)CC1CC1. The number of carboxylic acids is 1. The van der Waals surface area contributed by atoms with Crippen molar-refractivity contribution in [1.29, 1.82) is 0 Å². The molecule has 1 aliphatic rings. The molecule has 0 radical (unpaired) electrons. The maximum absolute atomic E-state index is 12.3. The number of hydrogen-bond donors (Lipinski definition) is 1. The molecule has 1 unspecified atom stereocenters. The Bertz CT molecular complexity index is 295. The van der Waals surface area contributed by atoms with Gasteiger partial charge in [0.2, 0.25) is 0 Å². The predicted octanol–water partition coefficient (Wildman–Crippen LogP) is 1.12. The molecular weight excluding hydrogens is 222 g/mol. The first-order valence-electron chi connectivity index (χ1n) is 5.99. The van der Waals surface area contributed by atoms with Crippen molar-refractivity contribution in [2.45, 2.75) is 38.7 Å². The Labute approximate surface area is 102 Å². The van der Waals surface area contributed by atoms with Gasteiger partial charge in [-0.25, -0.2) is 0 Å². The second-order valence-electron chi connectivity index (χ2n) is 4.81. The van der Waals surface area contributed by atoms with Crippen LogP contribution in [0.5, 0.6) is 0 Å². The average molecular weight is 243 g/mol. The van der Waals surface area contributed by atoms with Gasteiger partial charge in [0.15, 0.2) is 0 Å². The molecule has 0 aromatic rings. The zero-order valence-electron chi connectivity index (χ0n) is 10.7. The summed E-state index contributed by atoms with van der Waals surface area (Å²) >= 11 is 0. The van der Waals surface area contributed by atoms with Crippen LogP contribution in [0.15, 0.2) is 0 Å². The smallest absolute Gasteiger partial charge is 0.323 e. The highest BCUT2D eigenvalue weighted by Crippen LogP contribution is 2.30. The molecule has 0 spiro atoms. The normalized spacial score (nSPS) is 18.5. The molecular formula is C12H21NO4. The molecule has 1 amide bonds. The summed E-state index contributed by atoms with van der Waals surface area (Å²) in [4.78, 5) is 24.5. The molecule has 1 atom stereocenters. The summed E-state index contributed by atoms with van der Waals surface area (Å²) in [5.74, 6) is -0.735. The Morgan fingerprint density at radius 1 is 1.47 bits per heavy atom. The molecule has 1 rings (SSSR count). The Hall–Kier alpha value is -1.10. The van der Waals surface area contributed by atoms with Crippen LogP contribution in [0, 0.1) is 5.92 Å². The second-order valence-corrected chi connectivity index (χ2v) is 4.81. The van der Waals surface area contributed by atoms with E-state index in [1.54, 1.807) is 6.92 Å². The zero-order chi connectivity index (χ0) is 13.1. The van der Waals surface area contributed by atoms with Crippen LogP contribution in [-0.2, 0) is 14.3 Å². The molecule has 1 aliphatic carbocycles. The van der Waals surface area contributed by atoms with E-state index in [0.29, 0.717) is 18.9 Å². The number of ether oxygens (including phenoxy) is 1. The summed E-state index contributed by atoms with van der Waals surface area (Å²) in [5.41, 5.74) is -0.912. The Morgan fingerprint density at radius 3 is 2.41 bits per heavy atom. The lowest BCUT2D eigenvalue weighted by molar-refractivity contribution is -0.158. The summed E-state index contributed by atoms with van der Waals surface area (Å²) in [6, 6.07) is 0. The van der Waals surface area contributed by atoms with Gasteiger partial charge in [0, 0.05) is 13.7 Å². The summed E-state index contributed by atoms with van der Waals surface area (Å²) in [6.07, 6.45) is 2.70. The lowest BCUT2D eigenvalue weighted by atomic mass is 10.0. The summed E-state index contributed by atoms with van der Waals surface area (Å²) in [7, 11) is 1.48. The third-order valence-corrected chi connectivity index (χ3v) is 3.37. The molecule has 98 valence electrons. The number of amides is 1. The van der Waals surface area contributed by atoms with Crippen molar-refractivity contribution in [3.63, 3.8) is 0 Å². The van der Waals surface area contributed by atoms with Gasteiger partial charge in [0.05, 0.1) is 0 Å². The number of carboxylic acid groups (broad SMARTS) is 1. The number of carbonyl (C=O) groups is 2. The van der Waals surface area contributed by atoms with E-state index in [1.165, 1.54) is 12.0 Å². The van der Waals surface area contributed by atoms with Gasteiger partial charge in [-0.3, -0.25) is 9.59 Å². The van der Waals surface area contributed by atoms with Crippen LogP contribution < -0.4 is 0 Å². The van der Waals surface area contributed by atoms with E-state index >= 15 is 0 Å². The number of rotatable bonds is 7. The predicted molar refractivity (Wildman–Crippen MR) is 62.6 cm³/mol. The van der Waals surface area contributed by atoms with Gasteiger partial charge in [-0.2, -0.15) is 0 Å². The minimum atomic E-state index is -0.978. The van der Waals surface area contributed by atoms with Crippen LogP contribution in [0.2, 0.25) is 0 Å². The van der Waals surface area contributed by atoms with E-state index in [0.717, 1.165) is 12.8 Å². The van der Waals surface area contributed by atoms with Gasteiger partial charge in [0.1, 0.15) is 12.1 Å². The highest BCUT2D eigenvalue weighted by Gasteiger charge is 2.38. The number of nitrogens with zero attached hydrogens (tertiary/aromatic N) is 1. The molecule has 5 nitrogen and oxygen atoms in total. The van der Waals surface area contributed by atoms with Gasteiger partial charge in [0.25, 0.3) is 5.91 Å². The van der Waals surface area contributed by atoms with Crippen molar-refractivity contribution in [2.75, 3.05) is 20.2 Å². The maximum atomic E-state index is 12.3. The molecule has 1 fully saturated rings. The van der Waals surface area contributed by atoms with Gasteiger partial charge in [-0.05, 0) is 32.1 Å². The molecule has 0 saturated heterocycles.